The van der Waals surface area contributed by atoms with Crippen molar-refractivity contribution in [2.45, 2.75) is 65.3 Å². The lowest BCUT2D eigenvalue weighted by molar-refractivity contribution is 0.567. The van der Waals surface area contributed by atoms with Crippen molar-refractivity contribution in [2.75, 3.05) is 11.4 Å². The Bertz CT molecular complexity index is 947. The Hall–Kier alpha value is -2.22. The van der Waals surface area contributed by atoms with Crippen molar-refractivity contribution in [1.82, 2.24) is 4.98 Å². The number of nitrogens with zero attached hydrogens (tertiary/aromatic N) is 1. The number of H-pyrrole nitrogens is 1. The van der Waals surface area contributed by atoms with E-state index in [1.165, 1.54) is 39.0 Å². The molecule has 0 radical (unpaired) electrons. The number of aromatic amines is 1. The maximum absolute atomic E-state index is 3.63. The van der Waals surface area contributed by atoms with Gasteiger partial charge in [-0.3, -0.25) is 0 Å². The Balaban J connectivity index is 1.77. The van der Waals surface area contributed by atoms with Gasteiger partial charge in [-0.1, -0.05) is 65.8 Å². The molecule has 0 aliphatic carbocycles. The summed E-state index contributed by atoms with van der Waals surface area (Å²) < 4.78 is 0. The Morgan fingerprint density at radius 3 is 2.11 bits per heavy atom. The largest absolute Gasteiger partial charge is 0.367 e. The molecule has 0 saturated carbocycles. The van der Waals surface area contributed by atoms with Gasteiger partial charge in [0.05, 0.1) is 0 Å². The first-order chi connectivity index (χ1) is 12.6. The van der Waals surface area contributed by atoms with Gasteiger partial charge in [0, 0.05) is 47.4 Å². The van der Waals surface area contributed by atoms with Crippen molar-refractivity contribution in [3.05, 3.63) is 64.8 Å². The third-order valence-corrected chi connectivity index (χ3v) is 5.90. The zero-order chi connectivity index (χ0) is 19.4. The minimum absolute atomic E-state index is 0.151. The highest BCUT2D eigenvalue weighted by atomic mass is 15.1. The van der Waals surface area contributed by atoms with Crippen LogP contribution >= 0.6 is 0 Å². The highest BCUT2D eigenvalue weighted by Crippen LogP contribution is 2.36. The molecule has 1 aliphatic heterocycles. The maximum atomic E-state index is 3.63. The van der Waals surface area contributed by atoms with E-state index in [0.717, 1.165) is 19.5 Å². The van der Waals surface area contributed by atoms with Gasteiger partial charge in [0.2, 0.25) is 0 Å². The smallest absolute Gasteiger partial charge is 0.0459 e. The summed E-state index contributed by atoms with van der Waals surface area (Å²) in [7, 11) is 0. The zero-order valence-electron chi connectivity index (χ0n) is 17.6. The van der Waals surface area contributed by atoms with Gasteiger partial charge >= 0.3 is 0 Å². The molecular formula is C25H32N2. The van der Waals surface area contributed by atoms with Gasteiger partial charge < -0.3 is 9.88 Å². The van der Waals surface area contributed by atoms with E-state index in [2.05, 4.69) is 93.9 Å². The van der Waals surface area contributed by atoms with Gasteiger partial charge in [0.15, 0.2) is 0 Å². The van der Waals surface area contributed by atoms with Crippen LogP contribution in [0, 0.1) is 0 Å². The molecule has 0 saturated heterocycles. The SMILES string of the molecule is CC(C)(C)c1cc(N2CCc3[nH]c4ccccc4c3C2)cc(C(C)(C)C)c1. The van der Waals surface area contributed by atoms with Crippen molar-refractivity contribution in [3.8, 4) is 0 Å². The van der Waals surface area contributed by atoms with Crippen molar-refractivity contribution >= 4 is 16.6 Å². The summed E-state index contributed by atoms with van der Waals surface area (Å²) in [5, 5.41) is 1.38. The minimum atomic E-state index is 0.151. The molecule has 0 unspecified atom stereocenters. The second-order valence-corrected chi connectivity index (χ2v) is 10.1. The molecular weight excluding hydrogens is 328 g/mol. The molecule has 2 heterocycles. The molecule has 0 fully saturated rings. The number of benzene rings is 2. The number of nitrogens with one attached hydrogen (secondary N) is 1. The quantitative estimate of drug-likeness (QED) is 0.537. The predicted octanol–water partition coefficient (Wildman–Crippen LogP) is 6.33. The summed E-state index contributed by atoms with van der Waals surface area (Å²) in [6, 6.07) is 15.9. The van der Waals surface area contributed by atoms with E-state index in [-0.39, 0.29) is 10.8 Å². The molecule has 27 heavy (non-hydrogen) atoms. The van der Waals surface area contributed by atoms with Crippen LogP contribution in [0.15, 0.2) is 42.5 Å². The molecule has 2 aromatic carbocycles. The van der Waals surface area contributed by atoms with Crippen molar-refractivity contribution in [2.24, 2.45) is 0 Å². The second kappa shape index (κ2) is 6.15. The third-order valence-electron chi connectivity index (χ3n) is 5.90. The summed E-state index contributed by atoms with van der Waals surface area (Å²) in [5.41, 5.74) is 8.66. The zero-order valence-corrected chi connectivity index (χ0v) is 17.6. The molecule has 1 aromatic heterocycles. The number of hydrogen-bond donors (Lipinski definition) is 1. The Kier molecular flexibility index (Phi) is 4.14. The average molecular weight is 361 g/mol. The first kappa shape index (κ1) is 18.2. The topological polar surface area (TPSA) is 19.0 Å². The molecule has 2 nitrogen and oxygen atoms in total. The summed E-state index contributed by atoms with van der Waals surface area (Å²) in [6.07, 6.45) is 1.08. The van der Waals surface area contributed by atoms with Crippen LogP contribution in [-0.4, -0.2) is 11.5 Å². The van der Waals surface area contributed by atoms with Crippen molar-refractivity contribution in [3.63, 3.8) is 0 Å². The molecule has 4 rings (SSSR count). The lowest BCUT2D eigenvalue weighted by Gasteiger charge is -2.33. The molecule has 1 N–H and O–H groups in total. The summed E-state index contributed by atoms with van der Waals surface area (Å²) in [5.74, 6) is 0. The Labute approximate surface area is 163 Å². The molecule has 2 heteroatoms. The molecule has 0 spiro atoms. The fourth-order valence-corrected chi connectivity index (χ4v) is 4.05. The van der Waals surface area contributed by atoms with E-state index in [4.69, 9.17) is 0 Å². The van der Waals surface area contributed by atoms with E-state index >= 15 is 0 Å². The van der Waals surface area contributed by atoms with Gasteiger partial charge in [-0.25, -0.2) is 0 Å². The van der Waals surface area contributed by atoms with E-state index in [1.807, 2.05) is 0 Å². The number of fused-ring (bicyclic) bond motifs is 3. The predicted molar refractivity (Wildman–Crippen MR) is 117 cm³/mol. The van der Waals surface area contributed by atoms with Gasteiger partial charge in [0.1, 0.15) is 0 Å². The summed E-state index contributed by atoms with van der Waals surface area (Å²) in [6.45, 7) is 15.9. The number of aromatic nitrogens is 1. The van der Waals surface area contributed by atoms with E-state index < -0.39 is 0 Å². The number of para-hydroxylation sites is 1. The maximum Gasteiger partial charge on any atom is 0.0459 e. The number of rotatable bonds is 1. The summed E-state index contributed by atoms with van der Waals surface area (Å²) >= 11 is 0. The average Bonchev–Trinajstić information content (AvgIpc) is 2.97. The lowest BCUT2D eigenvalue weighted by atomic mass is 9.80. The van der Waals surface area contributed by atoms with E-state index in [1.54, 1.807) is 0 Å². The number of anilines is 1. The molecule has 1 aliphatic rings. The van der Waals surface area contributed by atoms with E-state index in [9.17, 15) is 0 Å². The van der Waals surface area contributed by atoms with Crippen LogP contribution in [0.4, 0.5) is 5.69 Å². The second-order valence-electron chi connectivity index (χ2n) is 10.1. The van der Waals surface area contributed by atoms with Crippen LogP contribution in [0.1, 0.15) is 63.9 Å². The van der Waals surface area contributed by atoms with Gasteiger partial charge in [-0.15, -0.1) is 0 Å². The first-order valence-corrected chi connectivity index (χ1v) is 10.1. The molecule has 0 atom stereocenters. The Morgan fingerprint density at radius 1 is 0.852 bits per heavy atom. The van der Waals surface area contributed by atoms with Crippen molar-refractivity contribution in [1.29, 1.82) is 0 Å². The minimum Gasteiger partial charge on any atom is -0.367 e. The van der Waals surface area contributed by atoms with Crippen LogP contribution in [0.25, 0.3) is 10.9 Å². The molecule has 142 valence electrons. The third kappa shape index (κ3) is 3.38. The van der Waals surface area contributed by atoms with Gasteiger partial charge in [-0.05, 0) is 40.2 Å². The van der Waals surface area contributed by atoms with Crippen LogP contribution in [-0.2, 0) is 23.8 Å². The highest BCUT2D eigenvalue weighted by Gasteiger charge is 2.25. The van der Waals surface area contributed by atoms with Crippen molar-refractivity contribution < 1.29 is 0 Å². The van der Waals surface area contributed by atoms with Crippen LogP contribution in [0.2, 0.25) is 0 Å². The van der Waals surface area contributed by atoms with Crippen LogP contribution < -0.4 is 4.90 Å². The standard InChI is InChI=1S/C25H32N2/c1-24(2,3)17-13-18(25(4,5)6)15-19(14-17)27-12-11-23-21(16-27)20-9-7-8-10-22(20)26-23/h7-10,13-15,26H,11-12,16H2,1-6H3. The monoisotopic (exact) mass is 360 g/mol. The fraction of sp³-hybridized carbons (Fsp3) is 0.440. The molecule has 0 amide bonds. The van der Waals surface area contributed by atoms with Crippen LogP contribution in [0.3, 0.4) is 0 Å². The fourth-order valence-electron chi connectivity index (χ4n) is 4.05. The normalized spacial score (nSPS) is 15.3. The molecule has 3 aromatic rings. The van der Waals surface area contributed by atoms with Gasteiger partial charge in [0.25, 0.3) is 0 Å². The number of hydrogen-bond acceptors (Lipinski definition) is 1. The highest BCUT2D eigenvalue weighted by molar-refractivity contribution is 5.85. The summed E-state index contributed by atoms with van der Waals surface area (Å²) in [4.78, 5) is 6.20. The molecule has 0 bridgehead atoms. The lowest BCUT2D eigenvalue weighted by Crippen LogP contribution is -2.31. The van der Waals surface area contributed by atoms with E-state index in [0.29, 0.717) is 0 Å². The Morgan fingerprint density at radius 2 is 1.48 bits per heavy atom. The van der Waals surface area contributed by atoms with Gasteiger partial charge in [-0.2, -0.15) is 0 Å². The van der Waals surface area contributed by atoms with Crippen LogP contribution in [0.5, 0.6) is 0 Å². The first-order valence-electron chi connectivity index (χ1n) is 10.1.